The minimum Gasteiger partial charge on any atom is -0.369 e. The van der Waals surface area contributed by atoms with Crippen LogP contribution in [-0.2, 0) is 30.6 Å². The Morgan fingerprint density at radius 3 is 2.46 bits per heavy atom. The summed E-state index contributed by atoms with van der Waals surface area (Å²) in [5.74, 6) is 0.925. The summed E-state index contributed by atoms with van der Waals surface area (Å²) >= 11 is 0. The predicted molar refractivity (Wildman–Crippen MR) is 93.3 cm³/mol. The molecule has 0 saturated carbocycles. The first-order chi connectivity index (χ1) is 11.5. The second-order valence-corrected chi connectivity index (χ2v) is 6.82. The summed E-state index contributed by atoms with van der Waals surface area (Å²) in [7, 11) is 1.71. The summed E-state index contributed by atoms with van der Waals surface area (Å²) in [6.45, 7) is 0.286. The lowest BCUT2D eigenvalue weighted by Crippen LogP contribution is -2.40. The fraction of sp³-hybridized carbons (Fsp3) is 0.312. The van der Waals surface area contributed by atoms with Crippen LogP contribution >= 0.6 is 0 Å². The molecule has 0 saturated heterocycles. The number of nitrogens with one attached hydrogen (secondary N) is 1. The normalized spacial score (nSPS) is 11.7. The van der Waals surface area contributed by atoms with E-state index in [-0.39, 0.29) is 17.9 Å². The van der Waals surface area contributed by atoms with Gasteiger partial charge in [0.25, 0.3) is 5.56 Å². The van der Waals surface area contributed by atoms with Gasteiger partial charge in [-0.05, 0) is 5.56 Å². The van der Waals surface area contributed by atoms with Gasteiger partial charge in [-0.15, -0.1) is 0 Å². The van der Waals surface area contributed by atoms with E-state index in [4.69, 9.17) is 5.26 Å². The molecule has 0 radical (unpaired) electrons. The van der Waals surface area contributed by atoms with Crippen LogP contribution in [0.4, 0.5) is 5.82 Å². The molecule has 8 heteroatoms. The van der Waals surface area contributed by atoms with E-state index < -0.39 is 22.0 Å². The van der Waals surface area contributed by atoms with Crippen molar-refractivity contribution in [2.75, 3.05) is 17.6 Å². The maximum atomic E-state index is 12.1. The highest BCUT2D eigenvalue weighted by Gasteiger charge is 2.15. The number of rotatable bonds is 6. The Balaban J connectivity index is 2.08. The van der Waals surface area contributed by atoms with Crippen molar-refractivity contribution in [3.8, 4) is 6.07 Å². The Kier molecular flexibility index (Phi) is 5.71. The Hall–Kier alpha value is -2.66. The molecule has 0 fully saturated rings. The van der Waals surface area contributed by atoms with Gasteiger partial charge in [-0.2, -0.15) is 5.26 Å². The summed E-state index contributed by atoms with van der Waals surface area (Å²) in [6, 6.07) is 11.3. The Morgan fingerprint density at radius 1 is 1.17 bits per heavy atom. The number of hydrogen-bond acceptors (Lipinski definition) is 5. The topological polar surface area (TPSA) is 96.9 Å². The smallest absolute Gasteiger partial charge is 0.332 e. The average Bonchev–Trinajstić information content (AvgIpc) is 2.58. The second kappa shape index (κ2) is 7.75. The van der Waals surface area contributed by atoms with Crippen molar-refractivity contribution < 1.29 is 4.21 Å². The lowest BCUT2D eigenvalue weighted by atomic mass is 10.2. The molecule has 0 spiro atoms. The van der Waals surface area contributed by atoms with Gasteiger partial charge in [0.1, 0.15) is 11.9 Å². The fourth-order valence-electron chi connectivity index (χ4n) is 2.27. The molecular weight excluding hydrogens is 328 g/mol. The molecule has 0 amide bonds. The fourth-order valence-corrected chi connectivity index (χ4v) is 3.31. The van der Waals surface area contributed by atoms with Crippen molar-refractivity contribution in [2.24, 2.45) is 14.1 Å². The number of anilines is 1. The van der Waals surface area contributed by atoms with Crippen LogP contribution in [0.2, 0.25) is 0 Å². The van der Waals surface area contributed by atoms with Crippen LogP contribution in [0.25, 0.3) is 0 Å². The molecular formula is C16H18N4O3S. The highest BCUT2D eigenvalue weighted by Crippen LogP contribution is 2.07. The first kappa shape index (κ1) is 17.7. The zero-order valence-corrected chi connectivity index (χ0v) is 14.3. The predicted octanol–water partition coefficient (Wildman–Crippen LogP) is 0.316. The summed E-state index contributed by atoms with van der Waals surface area (Å²) in [4.78, 5) is 23.9. The van der Waals surface area contributed by atoms with Gasteiger partial charge in [-0.1, -0.05) is 30.3 Å². The van der Waals surface area contributed by atoms with Crippen LogP contribution in [0.15, 0.2) is 39.9 Å². The Bertz CT molecular complexity index is 910. The molecule has 0 aliphatic carbocycles. The van der Waals surface area contributed by atoms with E-state index in [1.807, 2.05) is 36.4 Å². The highest BCUT2D eigenvalue weighted by molar-refractivity contribution is 7.84. The van der Waals surface area contributed by atoms with Crippen LogP contribution in [0, 0.1) is 11.3 Å². The lowest BCUT2D eigenvalue weighted by Gasteiger charge is -2.13. The maximum absolute atomic E-state index is 12.1. The summed E-state index contributed by atoms with van der Waals surface area (Å²) < 4.78 is 14.2. The van der Waals surface area contributed by atoms with E-state index in [9.17, 15) is 13.8 Å². The number of benzene rings is 1. The Labute approximate surface area is 141 Å². The molecule has 1 N–H and O–H groups in total. The zero-order chi connectivity index (χ0) is 17.7. The summed E-state index contributed by atoms with van der Waals surface area (Å²) in [5, 5.41) is 12.1. The van der Waals surface area contributed by atoms with E-state index in [2.05, 4.69) is 5.32 Å². The zero-order valence-electron chi connectivity index (χ0n) is 13.5. The SMILES string of the molecule is Cn1c(NCC[S@](=O)Cc2ccccc2)c(C#N)c(=O)n(C)c1=O. The van der Waals surface area contributed by atoms with Crippen molar-refractivity contribution in [3.05, 3.63) is 62.3 Å². The molecule has 1 aromatic heterocycles. The van der Waals surface area contributed by atoms with Crippen molar-refractivity contribution >= 4 is 16.6 Å². The average molecular weight is 346 g/mol. The molecule has 0 aliphatic heterocycles. The third-order valence-electron chi connectivity index (χ3n) is 3.57. The van der Waals surface area contributed by atoms with Gasteiger partial charge in [0.2, 0.25) is 0 Å². The van der Waals surface area contributed by atoms with Crippen molar-refractivity contribution in [1.82, 2.24) is 9.13 Å². The van der Waals surface area contributed by atoms with Crippen molar-refractivity contribution in [1.29, 1.82) is 5.26 Å². The molecule has 2 aromatic rings. The largest absolute Gasteiger partial charge is 0.369 e. The molecule has 2 rings (SSSR count). The van der Waals surface area contributed by atoms with Gasteiger partial charge in [0.05, 0.1) is 0 Å². The molecule has 24 heavy (non-hydrogen) atoms. The molecule has 0 bridgehead atoms. The van der Waals surface area contributed by atoms with E-state index in [0.29, 0.717) is 11.5 Å². The molecule has 7 nitrogen and oxygen atoms in total. The number of nitriles is 1. The molecule has 126 valence electrons. The number of hydrogen-bond donors (Lipinski definition) is 1. The minimum atomic E-state index is -1.09. The third kappa shape index (κ3) is 3.81. The van der Waals surface area contributed by atoms with E-state index >= 15 is 0 Å². The molecule has 1 heterocycles. The van der Waals surface area contributed by atoms with Gasteiger partial charge in [0.15, 0.2) is 5.56 Å². The van der Waals surface area contributed by atoms with Crippen LogP contribution in [-0.4, -0.2) is 25.6 Å². The van der Waals surface area contributed by atoms with Crippen LogP contribution < -0.4 is 16.6 Å². The van der Waals surface area contributed by atoms with Gasteiger partial charge in [-0.25, -0.2) is 4.79 Å². The maximum Gasteiger partial charge on any atom is 0.332 e. The van der Waals surface area contributed by atoms with Crippen LogP contribution in [0.5, 0.6) is 0 Å². The van der Waals surface area contributed by atoms with Crippen LogP contribution in [0.3, 0.4) is 0 Å². The van der Waals surface area contributed by atoms with Gasteiger partial charge in [0, 0.05) is 42.9 Å². The lowest BCUT2D eigenvalue weighted by molar-refractivity contribution is 0.680. The minimum absolute atomic E-state index is 0.131. The quantitative estimate of drug-likeness (QED) is 0.812. The van der Waals surface area contributed by atoms with Gasteiger partial charge >= 0.3 is 5.69 Å². The van der Waals surface area contributed by atoms with Gasteiger partial charge in [-0.3, -0.25) is 18.1 Å². The first-order valence-corrected chi connectivity index (χ1v) is 8.77. The second-order valence-electron chi connectivity index (χ2n) is 5.24. The van der Waals surface area contributed by atoms with E-state index in [0.717, 1.165) is 10.1 Å². The van der Waals surface area contributed by atoms with Crippen molar-refractivity contribution in [2.45, 2.75) is 5.75 Å². The monoisotopic (exact) mass is 346 g/mol. The molecule has 0 aliphatic rings. The standard InChI is InChI=1S/C16H18N4O3S/c1-19-14(13(10-17)15(21)20(2)16(19)22)18-8-9-24(23)11-12-6-4-3-5-7-12/h3-7,18H,8-9,11H2,1-2H3/t24-/m0/s1. The molecule has 1 atom stereocenters. The van der Waals surface area contributed by atoms with Gasteiger partial charge < -0.3 is 5.32 Å². The first-order valence-electron chi connectivity index (χ1n) is 7.28. The van der Waals surface area contributed by atoms with Crippen molar-refractivity contribution in [3.63, 3.8) is 0 Å². The van der Waals surface area contributed by atoms with E-state index in [1.54, 1.807) is 0 Å². The molecule has 0 unspecified atom stereocenters. The highest BCUT2D eigenvalue weighted by atomic mass is 32.2. The van der Waals surface area contributed by atoms with Crippen LogP contribution in [0.1, 0.15) is 11.1 Å². The number of nitrogens with zero attached hydrogens (tertiary/aromatic N) is 3. The molecule has 1 aromatic carbocycles. The summed E-state index contributed by atoms with van der Waals surface area (Å²) in [5.41, 5.74) is -0.316. The third-order valence-corrected chi connectivity index (χ3v) is 4.88. The Morgan fingerprint density at radius 2 is 1.83 bits per heavy atom. The summed E-state index contributed by atoms with van der Waals surface area (Å²) in [6.07, 6.45) is 0. The van der Waals surface area contributed by atoms with E-state index in [1.165, 1.54) is 18.7 Å². The number of aromatic nitrogens is 2.